The van der Waals surface area contributed by atoms with Crippen LogP contribution < -0.4 is 14.4 Å². The lowest BCUT2D eigenvalue weighted by Crippen LogP contribution is -2.27. The summed E-state index contributed by atoms with van der Waals surface area (Å²) < 4.78 is 32.2. The largest absolute Gasteiger partial charge is 0.496 e. The first-order chi connectivity index (χ1) is 14.4. The topological polar surface area (TPSA) is 75.7 Å². The molecule has 7 heteroatoms. The van der Waals surface area contributed by atoms with Crippen molar-refractivity contribution >= 4 is 21.6 Å². The number of benzene rings is 3. The van der Waals surface area contributed by atoms with Gasteiger partial charge in [0.2, 0.25) is 0 Å². The lowest BCUT2D eigenvalue weighted by molar-refractivity contribution is 0.0954. The second-order valence-electron chi connectivity index (χ2n) is 6.65. The number of methoxy groups -OCH3 is 1. The van der Waals surface area contributed by atoms with Crippen LogP contribution in [0.3, 0.4) is 0 Å². The van der Waals surface area contributed by atoms with E-state index in [2.05, 4.69) is 5.32 Å². The Morgan fingerprint density at radius 1 is 0.933 bits per heavy atom. The summed E-state index contributed by atoms with van der Waals surface area (Å²) in [6.45, 7) is 0.440. The zero-order valence-electron chi connectivity index (χ0n) is 16.9. The van der Waals surface area contributed by atoms with Crippen LogP contribution in [0.1, 0.15) is 15.9 Å². The lowest BCUT2D eigenvalue weighted by Gasteiger charge is -2.19. The van der Waals surface area contributed by atoms with Gasteiger partial charge in [-0.3, -0.25) is 9.10 Å². The maximum Gasteiger partial charge on any atom is 0.264 e. The molecule has 1 amide bonds. The van der Waals surface area contributed by atoms with Gasteiger partial charge in [0.15, 0.2) is 0 Å². The van der Waals surface area contributed by atoms with Gasteiger partial charge in [-0.05, 0) is 54.4 Å². The van der Waals surface area contributed by atoms with Crippen LogP contribution in [0.4, 0.5) is 5.69 Å². The van der Waals surface area contributed by atoms with Crippen LogP contribution in [0.2, 0.25) is 0 Å². The van der Waals surface area contributed by atoms with E-state index in [1.165, 1.54) is 35.6 Å². The van der Waals surface area contributed by atoms with E-state index in [9.17, 15) is 13.2 Å². The molecule has 0 fully saturated rings. The second-order valence-corrected chi connectivity index (χ2v) is 8.62. The molecule has 3 rings (SSSR count). The van der Waals surface area contributed by atoms with Crippen LogP contribution in [0.15, 0.2) is 83.8 Å². The molecular weight excluding hydrogens is 400 g/mol. The van der Waals surface area contributed by atoms with E-state index >= 15 is 0 Å². The van der Waals surface area contributed by atoms with Crippen LogP contribution in [0, 0.1) is 0 Å². The number of nitrogens with one attached hydrogen (secondary N) is 1. The van der Waals surface area contributed by atoms with Crippen molar-refractivity contribution in [1.82, 2.24) is 5.32 Å². The van der Waals surface area contributed by atoms with E-state index in [-0.39, 0.29) is 10.8 Å². The highest BCUT2D eigenvalue weighted by Crippen LogP contribution is 2.22. The Labute approximate surface area is 177 Å². The number of carbonyl (C=O) groups is 1. The van der Waals surface area contributed by atoms with Gasteiger partial charge in [-0.1, -0.05) is 36.4 Å². The van der Waals surface area contributed by atoms with Gasteiger partial charge in [0.25, 0.3) is 15.9 Å². The van der Waals surface area contributed by atoms with Gasteiger partial charge < -0.3 is 10.1 Å². The van der Waals surface area contributed by atoms with Crippen molar-refractivity contribution in [3.63, 3.8) is 0 Å². The van der Waals surface area contributed by atoms with E-state index in [0.29, 0.717) is 24.2 Å². The third-order valence-corrected chi connectivity index (χ3v) is 6.57. The number of ether oxygens (including phenoxy) is 1. The van der Waals surface area contributed by atoms with E-state index in [0.717, 1.165) is 11.3 Å². The number of anilines is 1. The molecule has 6 nitrogen and oxygen atoms in total. The highest BCUT2D eigenvalue weighted by molar-refractivity contribution is 7.92. The highest BCUT2D eigenvalue weighted by Gasteiger charge is 2.21. The van der Waals surface area contributed by atoms with Gasteiger partial charge in [0, 0.05) is 19.2 Å². The molecular formula is C23H24N2O4S. The van der Waals surface area contributed by atoms with Crippen molar-refractivity contribution in [2.45, 2.75) is 11.3 Å². The molecule has 0 aliphatic rings. The molecule has 1 N–H and O–H groups in total. The molecule has 0 aliphatic carbocycles. The molecule has 30 heavy (non-hydrogen) atoms. The molecule has 0 saturated carbocycles. The maximum atomic E-state index is 12.8. The van der Waals surface area contributed by atoms with Crippen molar-refractivity contribution < 1.29 is 17.9 Å². The quantitative estimate of drug-likeness (QED) is 0.601. The summed E-state index contributed by atoms with van der Waals surface area (Å²) in [4.78, 5) is 12.5. The van der Waals surface area contributed by atoms with Crippen LogP contribution in [-0.2, 0) is 16.4 Å². The molecule has 0 aromatic heterocycles. The van der Waals surface area contributed by atoms with Crippen molar-refractivity contribution in [3.05, 3.63) is 90.0 Å². The van der Waals surface area contributed by atoms with Crippen LogP contribution in [0.25, 0.3) is 0 Å². The summed E-state index contributed by atoms with van der Waals surface area (Å²) in [5.74, 6) is 0.522. The Balaban J connectivity index is 1.64. The second kappa shape index (κ2) is 9.45. The van der Waals surface area contributed by atoms with Crippen molar-refractivity contribution in [1.29, 1.82) is 0 Å². The van der Waals surface area contributed by atoms with Gasteiger partial charge in [-0.25, -0.2) is 8.42 Å². The highest BCUT2D eigenvalue weighted by atomic mass is 32.2. The first-order valence-electron chi connectivity index (χ1n) is 9.47. The fourth-order valence-corrected chi connectivity index (χ4v) is 4.23. The maximum absolute atomic E-state index is 12.8. The predicted molar refractivity (Wildman–Crippen MR) is 118 cm³/mol. The Morgan fingerprint density at radius 3 is 2.23 bits per heavy atom. The molecule has 0 aliphatic heterocycles. The summed E-state index contributed by atoms with van der Waals surface area (Å²) in [6, 6.07) is 22.4. The van der Waals surface area contributed by atoms with Crippen molar-refractivity contribution in [3.8, 4) is 5.75 Å². The minimum absolute atomic E-state index is 0.124. The van der Waals surface area contributed by atoms with Gasteiger partial charge in [-0.15, -0.1) is 0 Å². The zero-order chi connectivity index (χ0) is 21.6. The Morgan fingerprint density at radius 2 is 1.57 bits per heavy atom. The fraction of sp³-hybridized carbons (Fsp3) is 0.174. The number of para-hydroxylation sites is 2. The fourth-order valence-electron chi connectivity index (χ4n) is 3.04. The summed E-state index contributed by atoms with van der Waals surface area (Å²) in [7, 11) is -0.591. The van der Waals surface area contributed by atoms with E-state index in [1.54, 1.807) is 31.4 Å². The van der Waals surface area contributed by atoms with E-state index < -0.39 is 10.0 Å². The van der Waals surface area contributed by atoms with Gasteiger partial charge in [0.1, 0.15) is 5.75 Å². The summed E-state index contributed by atoms with van der Waals surface area (Å²) in [5.41, 5.74) is 1.97. The van der Waals surface area contributed by atoms with Crippen LogP contribution >= 0.6 is 0 Å². The van der Waals surface area contributed by atoms with Gasteiger partial charge in [0.05, 0.1) is 17.7 Å². The lowest BCUT2D eigenvalue weighted by atomic mass is 10.1. The first kappa shape index (κ1) is 21.4. The number of carbonyl (C=O) groups excluding carboxylic acids is 1. The molecule has 0 spiro atoms. The standard InChI is InChI=1S/C23H24N2O4S/c1-25(20-9-4-3-5-10-20)30(27,28)21-14-12-19(13-15-21)23(26)24-17-16-18-8-6-7-11-22(18)29-2/h3-15H,16-17H2,1-2H3,(H,24,26). The molecule has 156 valence electrons. The Bertz CT molecular complexity index is 1100. The monoisotopic (exact) mass is 424 g/mol. The molecule has 0 atom stereocenters. The molecule has 0 heterocycles. The number of nitrogens with zero attached hydrogens (tertiary/aromatic N) is 1. The third-order valence-electron chi connectivity index (χ3n) is 4.77. The number of sulfonamides is 1. The Hall–Kier alpha value is -3.32. The third kappa shape index (κ3) is 4.80. The van der Waals surface area contributed by atoms with Gasteiger partial charge in [-0.2, -0.15) is 0 Å². The minimum atomic E-state index is -3.71. The molecule has 0 bridgehead atoms. The van der Waals surface area contributed by atoms with Crippen LogP contribution in [-0.4, -0.2) is 35.0 Å². The molecule has 0 radical (unpaired) electrons. The van der Waals surface area contributed by atoms with Crippen molar-refractivity contribution in [2.24, 2.45) is 0 Å². The average molecular weight is 425 g/mol. The van der Waals surface area contributed by atoms with Crippen LogP contribution in [0.5, 0.6) is 5.75 Å². The number of amides is 1. The minimum Gasteiger partial charge on any atom is -0.496 e. The SMILES string of the molecule is COc1ccccc1CCNC(=O)c1ccc(S(=O)(=O)N(C)c2ccccc2)cc1. The molecule has 3 aromatic carbocycles. The summed E-state index contributed by atoms with van der Waals surface area (Å²) in [5, 5.41) is 2.85. The summed E-state index contributed by atoms with van der Waals surface area (Å²) >= 11 is 0. The molecule has 3 aromatic rings. The zero-order valence-corrected chi connectivity index (χ0v) is 17.7. The number of rotatable bonds is 8. The molecule has 0 saturated heterocycles. The van der Waals surface area contributed by atoms with E-state index in [4.69, 9.17) is 4.74 Å². The normalized spacial score (nSPS) is 11.0. The smallest absolute Gasteiger partial charge is 0.264 e. The number of hydrogen-bond donors (Lipinski definition) is 1. The number of hydrogen-bond acceptors (Lipinski definition) is 4. The average Bonchev–Trinajstić information content (AvgIpc) is 2.79. The van der Waals surface area contributed by atoms with Crippen molar-refractivity contribution in [2.75, 3.05) is 25.0 Å². The van der Waals surface area contributed by atoms with E-state index in [1.807, 2.05) is 30.3 Å². The van der Waals surface area contributed by atoms with Gasteiger partial charge >= 0.3 is 0 Å². The summed E-state index contributed by atoms with van der Waals surface area (Å²) in [6.07, 6.45) is 0.629. The first-order valence-corrected chi connectivity index (χ1v) is 10.9. The Kier molecular flexibility index (Phi) is 6.74. The molecule has 0 unspecified atom stereocenters. The predicted octanol–water partition coefficient (Wildman–Crippen LogP) is 3.49.